The highest BCUT2D eigenvalue weighted by Gasteiger charge is 2.51. The average molecular weight is 410 g/mol. The number of allylic oxidation sites excluding steroid dienone is 1. The zero-order chi connectivity index (χ0) is 20.6. The second-order valence-electron chi connectivity index (χ2n) is 11.8. The van der Waals surface area contributed by atoms with E-state index in [0.29, 0.717) is 31.1 Å². The predicted octanol–water partition coefficient (Wildman–Crippen LogP) is 4.25. The van der Waals surface area contributed by atoms with E-state index in [2.05, 4.69) is 19.3 Å². The van der Waals surface area contributed by atoms with Gasteiger partial charge in [0.05, 0.1) is 12.3 Å². The van der Waals surface area contributed by atoms with Crippen LogP contribution in [0.15, 0.2) is 16.2 Å². The molecule has 5 nitrogen and oxygen atoms in total. The van der Waals surface area contributed by atoms with Gasteiger partial charge in [-0.2, -0.15) is 5.10 Å². The largest absolute Gasteiger partial charge is 0.299 e. The summed E-state index contributed by atoms with van der Waals surface area (Å²) in [7, 11) is 0. The maximum atomic E-state index is 13.2. The second kappa shape index (κ2) is 6.67. The molecule has 1 aliphatic heterocycles. The van der Waals surface area contributed by atoms with Crippen molar-refractivity contribution in [1.82, 2.24) is 10.5 Å². The Labute approximate surface area is 179 Å². The smallest absolute Gasteiger partial charge is 0.240 e. The minimum atomic E-state index is 0.0519. The lowest BCUT2D eigenvalue weighted by Gasteiger charge is -2.56. The van der Waals surface area contributed by atoms with Crippen LogP contribution in [-0.2, 0) is 9.59 Å². The van der Waals surface area contributed by atoms with Gasteiger partial charge < -0.3 is 0 Å². The topological polar surface area (TPSA) is 61.8 Å². The molecule has 0 saturated heterocycles. The van der Waals surface area contributed by atoms with Crippen LogP contribution in [0.5, 0.6) is 0 Å². The van der Waals surface area contributed by atoms with Gasteiger partial charge in [0.2, 0.25) is 5.91 Å². The van der Waals surface area contributed by atoms with E-state index >= 15 is 0 Å². The van der Waals surface area contributed by atoms with Crippen molar-refractivity contribution in [1.29, 1.82) is 0 Å². The summed E-state index contributed by atoms with van der Waals surface area (Å²) in [4.78, 5) is 25.7. The molecule has 6 bridgehead atoms. The molecule has 1 N–H and O–H groups in total. The number of hydrazine groups is 1. The first kappa shape index (κ1) is 19.1. The standard InChI is InChI=1S/C25H35N3O2/c1-14(2)24-23-19-4-3-18(8-21(19)29)20(23)13-28(27-24)26-22(30)12-25-9-15-5-16(10-25)7-17(6-15)11-25/h14-19H,3-13H2,1-2H3,(H,26,30). The minimum absolute atomic E-state index is 0.0519. The summed E-state index contributed by atoms with van der Waals surface area (Å²) in [6.07, 6.45) is 11.4. The van der Waals surface area contributed by atoms with Crippen LogP contribution in [0.2, 0.25) is 0 Å². The number of nitrogens with one attached hydrogen (secondary N) is 1. The van der Waals surface area contributed by atoms with Crippen molar-refractivity contribution >= 4 is 17.4 Å². The number of ketones is 1. The summed E-state index contributed by atoms with van der Waals surface area (Å²) in [5.41, 5.74) is 7.04. The molecule has 7 aliphatic carbocycles. The summed E-state index contributed by atoms with van der Waals surface area (Å²) in [6.45, 7) is 4.96. The van der Waals surface area contributed by atoms with Gasteiger partial charge in [0.25, 0.3) is 0 Å². The van der Waals surface area contributed by atoms with Crippen molar-refractivity contribution in [3.8, 4) is 0 Å². The number of hydrogen-bond acceptors (Lipinski definition) is 4. The van der Waals surface area contributed by atoms with E-state index in [1.807, 2.05) is 5.12 Å². The van der Waals surface area contributed by atoms with E-state index in [4.69, 9.17) is 5.10 Å². The van der Waals surface area contributed by atoms with Crippen LogP contribution in [0.1, 0.15) is 78.1 Å². The van der Waals surface area contributed by atoms with E-state index in [1.165, 1.54) is 49.7 Å². The minimum Gasteiger partial charge on any atom is -0.299 e. The fraction of sp³-hybridized carbons (Fsp3) is 0.800. The lowest BCUT2D eigenvalue weighted by molar-refractivity contribution is -0.134. The summed E-state index contributed by atoms with van der Waals surface area (Å²) < 4.78 is 0. The Balaban J connectivity index is 1.19. The zero-order valence-electron chi connectivity index (χ0n) is 18.5. The predicted molar refractivity (Wildman–Crippen MR) is 115 cm³/mol. The number of carbonyl (C=O) groups is 2. The van der Waals surface area contributed by atoms with Crippen molar-refractivity contribution in [3.05, 3.63) is 11.1 Å². The SMILES string of the molecule is CC(C)C1=NN(NC(=O)CC23CC4CC(CC(C4)C2)C3)CC2=C1C1CCC2CC1=O. The molecular formula is C25H35N3O2. The van der Waals surface area contributed by atoms with Crippen LogP contribution in [-0.4, -0.2) is 29.1 Å². The number of nitrogens with zero attached hydrogens (tertiary/aromatic N) is 2. The first-order valence-corrected chi connectivity index (χ1v) is 12.3. The number of rotatable bonds is 4. The lowest BCUT2D eigenvalue weighted by Crippen LogP contribution is -2.51. The van der Waals surface area contributed by atoms with Crippen molar-refractivity contribution in [3.63, 3.8) is 0 Å². The molecule has 0 radical (unpaired) electrons. The molecule has 0 aromatic heterocycles. The van der Waals surface area contributed by atoms with Gasteiger partial charge in [0, 0.05) is 18.8 Å². The molecule has 5 heteroatoms. The van der Waals surface area contributed by atoms with Crippen LogP contribution >= 0.6 is 0 Å². The van der Waals surface area contributed by atoms with Gasteiger partial charge in [-0.05, 0) is 97.5 Å². The number of fused-ring (bicyclic) bond motifs is 2. The molecule has 5 fully saturated rings. The normalized spacial score (nSPS) is 41.4. The third-order valence-electron chi connectivity index (χ3n) is 9.15. The van der Waals surface area contributed by atoms with Crippen molar-refractivity contribution in [2.45, 2.75) is 78.1 Å². The van der Waals surface area contributed by atoms with Crippen LogP contribution in [0, 0.1) is 40.9 Å². The Kier molecular flexibility index (Phi) is 4.24. The van der Waals surface area contributed by atoms with Crippen molar-refractivity contribution < 1.29 is 9.59 Å². The van der Waals surface area contributed by atoms with Gasteiger partial charge >= 0.3 is 0 Å². The summed E-state index contributed by atoms with van der Waals surface area (Å²) in [5.74, 6) is 3.81. The molecule has 8 aliphatic rings. The van der Waals surface area contributed by atoms with E-state index in [0.717, 1.165) is 36.3 Å². The molecule has 1 heterocycles. The Bertz CT molecular complexity index is 819. The molecule has 5 saturated carbocycles. The Morgan fingerprint density at radius 1 is 1.13 bits per heavy atom. The first-order valence-electron chi connectivity index (χ1n) is 12.3. The van der Waals surface area contributed by atoms with Crippen LogP contribution in [0.25, 0.3) is 0 Å². The van der Waals surface area contributed by atoms with Gasteiger partial charge in [0.15, 0.2) is 0 Å². The Morgan fingerprint density at radius 2 is 1.80 bits per heavy atom. The van der Waals surface area contributed by atoms with E-state index < -0.39 is 0 Å². The molecule has 30 heavy (non-hydrogen) atoms. The molecule has 1 amide bonds. The van der Waals surface area contributed by atoms with Crippen LogP contribution in [0.4, 0.5) is 0 Å². The maximum Gasteiger partial charge on any atom is 0.240 e. The molecule has 2 unspecified atom stereocenters. The van der Waals surface area contributed by atoms with Crippen LogP contribution < -0.4 is 5.43 Å². The van der Waals surface area contributed by atoms with E-state index in [-0.39, 0.29) is 23.2 Å². The monoisotopic (exact) mass is 409 g/mol. The summed E-state index contributed by atoms with van der Waals surface area (Å²) in [5, 5.41) is 6.67. The van der Waals surface area contributed by atoms with E-state index in [1.54, 1.807) is 0 Å². The number of hydrogen-bond donors (Lipinski definition) is 1. The van der Waals surface area contributed by atoms with E-state index in [9.17, 15) is 9.59 Å². The fourth-order valence-electron chi connectivity index (χ4n) is 8.52. The highest BCUT2D eigenvalue weighted by Crippen LogP contribution is 2.61. The third-order valence-corrected chi connectivity index (χ3v) is 9.15. The summed E-state index contributed by atoms with van der Waals surface area (Å²) in [6, 6.07) is 0. The second-order valence-corrected chi connectivity index (χ2v) is 11.8. The number of amides is 1. The number of hydrazone groups is 1. The van der Waals surface area contributed by atoms with Crippen molar-refractivity contribution in [2.24, 2.45) is 46.0 Å². The van der Waals surface area contributed by atoms with Gasteiger partial charge in [-0.25, -0.2) is 5.12 Å². The number of Topliss-reactive ketones (excluding diaryl/α,β-unsaturated/α-hetero) is 1. The Hall–Kier alpha value is -1.65. The maximum absolute atomic E-state index is 13.2. The highest BCUT2D eigenvalue weighted by atomic mass is 16.2. The Morgan fingerprint density at radius 3 is 2.40 bits per heavy atom. The van der Waals surface area contributed by atoms with Crippen molar-refractivity contribution in [2.75, 3.05) is 6.54 Å². The van der Waals surface area contributed by atoms with Gasteiger partial charge in [-0.1, -0.05) is 13.8 Å². The van der Waals surface area contributed by atoms with Crippen LogP contribution in [0.3, 0.4) is 0 Å². The number of carbonyl (C=O) groups excluding carboxylic acids is 2. The summed E-state index contributed by atoms with van der Waals surface area (Å²) >= 11 is 0. The fourth-order valence-corrected chi connectivity index (χ4v) is 8.52. The zero-order valence-corrected chi connectivity index (χ0v) is 18.5. The first-order chi connectivity index (χ1) is 14.4. The molecule has 2 atom stereocenters. The molecule has 0 aromatic rings. The van der Waals surface area contributed by atoms with Gasteiger partial charge in [-0.3, -0.25) is 15.0 Å². The lowest BCUT2D eigenvalue weighted by atomic mass is 9.49. The quantitative estimate of drug-likeness (QED) is 0.755. The molecule has 8 rings (SSSR count). The van der Waals surface area contributed by atoms with Gasteiger partial charge in [-0.15, -0.1) is 0 Å². The highest BCUT2D eigenvalue weighted by molar-refractivity contribution is 6.09. The molecular weight excluding hydrogens is 374 g/mol. The molecule has 0 spiro atoms. The molecule has 162 valence electrons. The average Bonchev–Trinajstić information content (AvgIpc) is 2.66. The van der Waals surface area contributed by atoms with Gasteiger partial charge in [0.1, 0.15) is 5.78 Å². The molecule has 0 aromatic carbocycles. The third kappa shape index (κ3) is 2.98.